The minimum absolute atomic E-state index is 0.0396. The molecule has 0 aliphatic carbocycles. The van der Waals surface area contributed by atoms with Gasteiger partial charge in [0.05, 0.1) is 6.54 Å². The van der Waals surface area contributed by atoms with Crippen molar-refractivity contribution in [1.82, 2.24) is 20.9 Å². The zero-order valence-electron chi connectivity index (χ0n) is 11.5. The minimum Gasteiger partial charge on any atom is -0.355 e. The molecule has 2 amide bonds. The molecule has 1 fully saturated rings. The Morgan fingerprint density at radius 1 is 1.56 bits per heavy atom. The molecule has 0 saturated carbocycles. The van der Waals surface area contributed by atoms with Gasteiger partial charge in [-0.05, 0) is 33.9 Å². The van der Waals surface area contributed by atoms with Crippen LogP contribution >= 0.6 is 0 Å². The molecule has 104 valence electrons. The van der Waals surface area contributed by atoms with Crippen LogP contribution in [0.4, 0.5) is 0 Å². The number of hydrogen-bond donors (Lipinski definition) is 3. The van der Waals surface area contributed by atoms with Crippen molar-refractivity contribution in [2.24, 2.45) is 0 Å². The fraction of sp³-hybridized carbons (Fsp3) is 0.833. The topological polar surface area (TPSA) is 73.5 Å². The highest BCUT2D eigenvalue weighted by atomic mass is 16.2. The minimum atomic E-state index is -0.300. The SMILES string of the molecule is CC(C)N(C)CCCNC(=O)C1CNC(=O)CN1. The smallest absolute Gasteiger partial charge is 0.238 e. The third kappa shape index (κ3) is 5.01. The largest absolute Gasteiger partial charge is 0.355 e. The van der Waals surface area contributed by atoms with E-state index in [0.29, 0.717) is 19.1 Å². The summed E-state index contributed by atoms with van der Waals surface area (Å²) >= 11 is 0. The highest BCUT2D eigenvalue weighted by Gasteiger charge is 2.23. The Hall–Kier alpha value is -1.14. The molecule has 18 heavy (non-hydrogen) atoms. The predicted octanol–water partition coefficient (Wildman–Crippen LogP) is -1.08. The number of piperazine rings is 1. The number of carbonyl (C=O) groups is 2. The molecule has 0 radical (unpaired) electrons. The molecule has 1 saturated heterocycles. The lowest BCUT2D eigenvalue weighted by Gasteiger charge is -2.24. The van der Waals surface area contributed by atoms with E-state index in [1.165, 1.54) is 0 Å². The second kappa shape index (κ2) is 7.33. The summed E-state index contributed by atoms with van der Waals surface area (Å²) in [5, 5.41) is 8.45. The van der Waals surface area contributed by atoms with Crippen molar-refractivity contribution < 1.29 is 9.59 Å². The number of amides is 2. The van der Waals surface area contributed by atoms with Crippen LogP contribution in [0.1, 0.15) is 20.3 Å². The van der Waals surface area contributed by atoms with E-state index in [4.69, 9.17) is 0 Å². The lowest BCUT2D eigenvalue weighted by Crippen LogP contribution is -2.58. The maximum absolute atomic E-state index is 11.7. The molecule has 6 nitrogen and oxygen atoms in total. The molecule has 6 heteroatoms. The summed E-state index contributed by atoms with van der Waals surface area (Å²) in [6, 6.07) is 0.224. The van der Waals surface area contributed by atoms with E-state index in [1.54, 1.807) is 0 Å². The predicted molar refractivity (Wildman–Crippen MR) is 70.2 cm³/mol. The number of hydrogen-bond acceptors (Lipinski definition) is 4. The number of carbonyl (C=O) groups excluding carboxylic acids is 2. The van der Waals surface area contributed by atoms with Crippen molar-refractivity contribution in [3.63, 3.8) is 0 Å². The average Bonchev–Trinajstić information content (AvgIpc) is 2.34. The quantitative estimate of drug-likeness (QED) is 0.529. The molecule has 1 heterocycles. The number of rotatable bonds is 6. The lowest BCUT2D eigenvalue weighted by atomic mass is 10.2. The van der Waals surface area contributed by atoms with Gasteiger partial charge < -0.3 is 15.5 Å². The maximum atomic E-state index is 11.7. The second-order valence-electron chi connectivity index (χ2n) is 4.96. The summed E-state index contributed by atoms with van der Waals surface area (Å²) in [5.74, 6) is -0.0974. The summed E-state index contributed by atoms with van der Waals surface area (Å²) in [6.07, 6.45) is 0.930. The first-order chi connectivity index (χ1) is 8.50. The number of nitrogens with zero attached hydrogens (tertiary/aromatic N) is 1. The first-order valence-corrected chi connectivity index (χ1v) is 6.48. The Bertz CT molecular complexity index is 284. The molecule has 3 N–H and O–H groups in total. The summed E-state index contributed by atoms with van der Waals surface area (Å²) in [7, 11) is 2.07. The van der Waals surface area contributed by atoms with Crippen molar-refractivity contribution in [3.8, 4) is 0 Å². The van der Waals surface area contributed by atoms with Gasteiger partial charge in [-0.15, -0.1) is 0 Å². The monoisotopic (exact) mass is 256 g/mol. The molecular formula is C12H24N4O2. The molecule has 1 aliphatic rings. The van der Waals surface area contributed by atoms with Gasteiger partial charge in [-0.1, -0.05) is 0 Å². The van der Waals surface area contributed by atoms with Gasteiger partial charge in [0.25, 0.3) is 0 Å². The van der Waals surface area contributed by atoms with Crippen LogP contribution in [0.2, 0.25) is 0 Å². The molecule has 0 spiro atoms. The van der Waals surface area contributed by atoms with Gasteiger partial charge in [-0.3, -0.25) is 14.9 Å². The Labute approximate surface area is 108 Å². The summed E-state index contributed by atoms with van der Waals surface area (Å²) < 4.78 is 0. The van der Waals surface area contributed by atoms with E-state index in [0.717, 1.165) is 13.0 Å². The molecule has 0 bridgehead atoms. The Kier molecular flexibility index (Phi) is 6.07. The first-order valence-electron chi connectivity index (χ1n) is 6.48. The fourth-order valence-electron chi connectivity index (χ4n) is 1.67. The highest BCUT2D eigenvalue weighted by molar-refractivity contribution is 5.86. The van der Waals surface area contributed by atoms with E-state index >= 15 is 0 Å². The third-order valence-corrected chi connectivity index (χ3v) is 3.20. The zero-order chi connectivity index (χ0) is 13.5. The molecule has 1 rings (SSSR count). The Morgan fingerprint density at radius 2 is 2.28 bits per heavy atom. The second-order valence-corrected chi connectivity index (χ2v) is 4.96. The van der Waals surface area contributed by atoms with Crippen LogP contribution in [0.3, 0.4) is 0 Å². The standard InChI is InChI=1S/C12H24N4O2/c1-9(2)16(3)6-4-5-13-12(18)10-7-15-11(17)8-14-10/h9-10,14H,4-8H2,1-3H3,(H,13,18)(H,15,17). The van der Waals surface area contributed by atoms with Crippen LogP contribution in [-0.2, 0) is 9.59 Å². The molecule has 0 aromatic heterocycles. The molecule has 1 unspecified atom stereocenters. The lowest BCUT2D eigenvalue weighted by molar-refractivity contribution is -0.126. The Balaban J connectivity index is 2.12. The van der Waals surface area contributed by atoms with Gasteiger partial charge in [0.15, 0.2) is 0 Å². The van der Waals surface area contributed by atoms with Gasteiger partial charge >= 0.3 is 0 Å². The van der Waals surface area contributed by atoms with Gasteiger partial charge in [0, 0.05) is 19.1 Å². The van der Waals surface area contributed by atoms with Crippen LogP contribution in [0.5, 0.6) is 0 Å². The van der Waals surface area contributed by atoms with E-state index in [-0.39, 0.29) is 24.4 Å². The van der Waals surface area contributed by atoms with E-state index < -0.39 is 0 Å². The van der Waals surface area contributed by atoms with Crippen LogP contribution in [0.25, 0.3) is 0 Å². The third-order valence-electron chi connectivity index (χ3n) is 3.20. The molecule has 0 aromatic carbocycles. The van der Waals surface area contributed by atoms with Gasteiger partial charge in [0.1, 0.15) is 6.04 Å². The van der Waals surface area contributed by atoms with Crippen LogP contribution in [0, 0.1) is 0 Å². The van der Waals surface area contributed by atoms with Gasteiger partial charge in [-0.2, -0.15) is 0 Å². The average molecular weight is 256 g/mol. The number of nitrogens with one attached hydrogen (secondary N) is 3. The normalized spacial score (nSPS) is 20.1. The van der Waals surface area contributed by atoms with E-state index in [1.807, 2.05) is 0 Å². The van der Waals surface area contributed by atoms with Crippen molar-refractivity contribution in [2.75, 3.05) is 33.2 Å². The van der Waals surface area contributed by atoms with Crippen LogP contribution < -0.4 is 16.0 Å². The van der Waals surface area contributed by atoms with Crippen molar-refractivity contribution in [1.29, 1.82) is 0 Å². The highest BCUT2D eigenvalue weighted by Crippen LogP contribution is 1.94. The summed E-state index contributed by atoms with van der Waals surface area (Å²) in [4.78, 5) is 24.9. The first kappa shape index (κ1) is 14.9. The van der Waals surface area contributed by atoms with Crippen LogP contribution in [0.15, 0.2) is 0 Å². The molecule has 1 aliphatic heterocycles. The van der Waals surface area contributed by atoms with E-state index in [9.17, 15) is 9.59 Å². The van der Waals surface area contributed by atoms with E-state index in [2.05, 4.69) is 41.7 Å². The molecule has 0 aromatic rings. The van der Waals surface area contributed by atoms with Gasteiger partial charge in [0.2, 0.25) is 11.8 Å². The van der Waals surface area contributed by atoms with Crippen molar-refractivity contribution in [3.05, 3.63) is 0 Å². The van der Waals surface area contributed by atoms with Crippen molar-refractivity contribution >= 4 is 11.8 Å². The molecular weight excluding hydrogens is 232 g/mol. The summed E-state index contributed by atoms with van der Waals surface area (Å²) in [6.45, 7) is 6.51. The summed E-state index contributed by atoms with van der Waals surface area (Å²) in [5.41, 5.74) is 0. The van der Waals surface area contributed by atoms with Crippen LogP contribution in [-0.4, -0.2) is 62.0 Å². The Morgan fingerprint density at radius 3 is 2.83 bits per heavy atom. The maximum Gasteiger partial charge on any atom is 0.238 e. The fourth-order valence-corrected chi connectivity index (χ4v) is 1.67. The molecule has 1 atom stereocenters. The van der Waals surface area contributed by atoms with Gasteiger partial charge in [-0.25, -0.2) is 0 Å². The van der Waals surface area contributed by atoms with Crippen molar-refractivity contribution in [2.45, 2.75) is 32.4 Å². The zero-order valence-corrected chi connectivity index (χ0v) is 11.5.